The van der Waals surface area contributed by atoms with Crippen molar-refractivity contribution in [3.05, 3.63) is 0 Å². The molecule has 0 aromatic heterocycles. The maximum absolute atomic E-state index is 5.53. The van der Waals surface area contributed by atoms with Crippen LogP contribution in [0, 0.1) is 5.41 Å². The Morgan fingerprint density at radius 3 is 2.26 bits per heavy atom. The molecule has 0 unspecified atom stereocenters. The normalized spacial score (nSPS) is 25.4. The molecule has 2 fully saturated rings. The molecule has 0 aromatic carbocycles. The first kappa shape index (κ1) is 15.3. The van der Waals surface area contributed by atoms with E-state index in [-0.39, 0.29) is 0 Å². The van der Waals surface area contributed by atoms with Gasteiger partial charge in [0.15, 0.2) is 0 Å². The largest absolute Gasteiger partial charge is 0.379 e. The van der Waals surface area contributed by atoms with Crippen molar-refractivity contribution in [1.82, 2.24) is 10.2 Å². The van der Waals surface area contributed by atoms with E-state index in [9.17, 15) is 0 Å². The summed E-state index contributed by atoms with van der Waals surface area (Å²) in [6.45, 7) is 13.3. The molecule has 3 heteroatoms. The molecule has 1 aliphatic heterocycles. The van der Waals surface area contributed by atoms with Crippen molar-refractivity contribution < 1.29 is 4.74 Å². The van der Waals surface area contributed by atoms with E-state index in [0.29, 0.717) is 11.0 Å². The topological polar surface area (TPSA) is 24.5 Å². The summed E-state index contributed by atoms with van der Waals surface area (Å²) in [5.74, 6) is 0. The van der Waals surface area contributed by atoms with Crippen molar-refractivity contribution in [3.8, 4) is 0 Å². The van der Waals surface area contributed by atoms with Crippen LogP contribution < -0.4 is 5.32 Å². The second-order valence-electron chi connectivity index (χ2n) is 7.55. The number of rotatable bonds is 4. The molecule has 112 valence electrons. The third-order valence-electron chi connectivity index (χ3n) is 4.58. The molecule has 0 atom stereocenters. The van der Waals surface area contributed by atoms with Crippen molar-refractivity contribution in [2.24, 2.45) is 5.41 Å². The van der Waals surface area contributed by atoms with Crippen molar-refractivity contribution >= 4 is 0 Å². The Balaban J connectivity index is 1.93. The highest BCUT2D eigenvalue weighted by atomic mass is 16.5. The highest BCUT2D eigenvalue weighted by molar-refractivity contribution is 4.96. The fourth-order valence-corrected chi connectivity index (χ4v) is 3.52. The summed E-state index contributed by atoms with van der Waals surface area (Å²) in [6, 6.07) is 0. The van der Waals surface area contributed by atoms with Crippen LogP contribution in [0.3, 0.4) is 0 Å². The van der Waals surface area contributed by atoms with Crippen molar-refractivity contribution in [1.29, 1.82) is 0 Å². The monoisotopic (exact) mass is 268 g/mol. The SMILES string of the molecule is CC(C)(C)CNCC1(N2CCOCC2)CCCCC1. The molecule has 1 saturated heterocycles. The molecule has 2 rings (SSSR count). The second-order valence-corrected chi connectivity index (χ2v) is 7.55. The Morgan fingerprint density at radius 2 is 1.68 bits per heavy atom. The van der Waals surface area contributed by atoms with Gasteiger partial charge in [-0.05, 0) is 18.3 Å². The predicted octanol–water partition coefficient (Wildman–Crippen LogP) is 2.66. The van der Waals surface area contributed by atoms with Crippen molar-refractivity contribution in [2.75, 3.05) is 39.4 Å². The Kier molecular flexibility index (Phi) is 5.27. The molecule has 3 nitrogen and oxygen atoms in total. The van der Waals surface area contributed by atoms with E-state index in [2.05, 4.69) is 31.0 Å². The molecular formula is C16H32N2O. The zero-order chi connectivity index (χ0) is 13.8. The first-order valence-electron chi connectivity index (χ1n) is 8.05. The summed E-state index contributed by atoms with van der Waals surface area (Å²) in [4.78, 5) is 2.71. The Labute approximate surface area is 119 Å². The highest BCUT2D eigenvalue weighted by Gasteiger charge is 2.38. The minimum Gasteiger partial charge on any atom is -0.379 e. The number of hydrogen-bond donors (Lipinski definition) is 1. The maximum Gasteiger partial charge on any atom is 0.0594 e. The molecule has 0 spiro atoms. The van der Waals surface area contributed by atoms with Crippen LogP contribution in [0.15, 0.2) is 0 Å². The van der Waals surface area contributed by atoms with Gasteiger partial charge < -0.3 is 10.1 Å². The second kappa shape index (κ2) is 6.55. The average Bonchev–Trinajstić information content (AvgIpc) is 2.39. The van der Waals surface area contributed by atoms with Gasteiger partial charge in [0, 0.05) is 31.7 Å². The Bertz CT molecular complexity index is 260. The lowest BCUT2D eigenvalue weighted by atomic mass is 9.79. The van der Waals surface area contributed by atoms with Gasteiger partial charge in [0.05, 0.1) is 13.2 Å². The van der Waals surface area contributed by atoms with Gasteiger partial charge in [-0.1, -0.05) is 40.0 Å². The molecular weight excluding hydrogens is 236 g/mol. The molecule has 1 N–H and O–H groups in total. The van der Waals surface area contributed by atoms with Gasteiger partial charge in [0.2, 0.25) is 0 Å². The third-order valence-corrected chi connectivity index (χ3v) is 4.58. The lowest BCUT2D eigenvalue weighted by Gasteiger charge is -2.48. The average molecular weight is 268 g/mol. The van der Waals surface area contributed by atoms with E-state index >= 15 is 0 Å². The van der Waals surface area contributed by atoms with E-state index in [1.54, 1.807) is 0 Å². The van der Waals surface area contributed by atoms with E-state index in [1.807, 2.05) is 0 Å². The van der Waals surface area contributed by atoms with Crippen molar-refractivity contribution in [2.45, 2.75) is 58.4 Å². The molecule has 1 heterocycles. The number of nitrogens with zero attached hydrogens (tertiary/aromatic N) is 1. The van der Waals surface area contributed by atoms with Crippen LogP contribution in [0.1, 0.15) is 52.9 Å². The van der Waals surface area contributed by atoms with E-state index in [4.69, 9.17) is 4.74 Å². The van der Waals surface area contributed by atoms with Crippen LogP contribution >= 0.6 is 0 Å². The Hall–Kier alpha value is -0.120. The minimum atomic E-state index is 0.376. The third kappa shape index (κ3) is 4.44. The van der Waals surface area contributed by atoms with Gasteiger partial charge in [-0.2, -0.15) is 0 Å². The summed E-state index contributed by atoms with van der Waals surface area (Å²) in [5.41, 5.74) is 0.786. The van der Waals surface area contributed by atoms with Gasteiger partial charge in [0.1, 0.15) is 0 Å². The number of morpholine rings is 1. The molecule has 0 amide bonds. The maximum atomic E-state index is 5.53. The highest BCUT2D eigenvalue weighted by Crippen LogP contribution is 2.34. The number of ether oxygens (including phenoxy) is 1. The standard InChI is InChI=1S/C16H32N2O/c1-15(2,3)13-17-14-16(7-5-4-6-8-16)18-9-11-19-12-10-18/h17H,4-14H2,1-3H3. The van der Waals surface area contributed by atoms with E-state index in [1.165, 1.54) is 32.1 Å². The zero-order valence-electron chi connectivity index (χ0n) is 13.1. The first-order valence-corrected chi connectivity index (χ1v) is 8.05. The Morgan fingerprint density at radius 1 is 1.05 bits per heavy atom. The molecule has 19 heavy (non-hydrogen) atoms. The summed E-state index contributed by atoms with van der Waals surface area (Å²) in [5, 5.41) is 3.75. The van der Waals surface area contributed by atoms with Crippen LogP contribution in [-0.2, 0) is 4.74 Å². The molecule has 1 aliphatic carbocycles. The minimum absolute atomic E-state index is 0.376. The molecule has 2 aliphatic rings. The quantitative estimate of drug-likeness (QED) is 0.848. The molecule has 0 bridgehead atoms. The van der Waals surface area contributed by atoms with Gasteiger partial charge >= 0.3 is 0 Å². The van der Waals surface area contributed by atoms with Crippen LogP contribution in [0.4, 0.5) is 0 Å². The van der Waals surface area contributed by atoms with Crippen LogP contribution in [-0.4, -0.2) is 49.8 Å². The summed E-state index contributed by atoms with van der Waals surface area (Å²) < 4.78 is 5.53. The summed E-state index contributed by atoms with van der Waals surface area (Å²) in [7, 11) is 0. The summed E-state index contributed by atoms with van der Waals surface area (Å²) in [6.07, 6.45) is 6.95. The lowest BCUT2D eigenvalue weighted by molar-refractivity contribution is -0.0373. The predicted molar refractivity (Wildman–Crippen MR) is 80.5 cm³/mol. The van der Waals surface area contributed by atoms with Crippen molar-refractivity contribution in [3.63, 3.8) is 0 Å². The number of nitrogens with one attached hydrogen (secondary N) is 1. The summed E-state index contributed by atoms with van der Waals surface area (Å²) >= 11 is 0. The smallest absolute Gasteiger partial charge is 0.0594 e. The fourth-order valence-electron chi connectivity index (χ4n) is 3.52. The number of hydrogen-bond acceptors (Lipinski definition) is 3. The molecule has 1 saturated carbocycles. The van der Waals surface area contributed by atoms with E-state index in [0.717, 1.165) is 39.4 Å². The van der Waals surface area contributed by atoms with E-state index < -0.39 is 0 Å². The van der Waals surface area contributed by atoms with Gasteiger partial charge in [0.25, 0.3) is 0 Å². The first-order chi connectivity index (χ1) is 9.02. The molecule has 0 radical (unpaired) electrons. The zero-order valence-corrected chi connectivity index (χ0v) is 13.1. The van der Waals surface area contributed by atoms with Gasteiger partial charge in [-0.15, -0.1) is 0 Å². The fraction of sp³-hybridized carbons (Fsp3) is 1.00. The van der Waals surface area contributed by atoms with Gasteiger partial charge in [-0.3, -0.25) is 4.90 Å². The van der Waals surface area contributed by atoms with Crippen LogP contribution in [0.2, 0.25) is 0 Å². The molecule has 0 aromatic rings. The lowest BCUT2D eigenvalue weighted by Crippen LogP contribution is -2.59. The van der Waals surface area contributed by atoms with Crippen LogP contribution in [0.25, 0.3) is 0 Å². The van der Waals surface area contributed by atoms with Gasteiger partial charge in [-0.25, -0.2) is 0 Å². The van der Waals surface area contributed by atoms with Crippen LogP contribution in [0.5, 0.6) is 0 Å².